The van der Waals surface area contributed by atoms with E-state index in [2.05, 4.69) is 10.3 Å². The molecule has 3 aromatic rings. The number of carboxylic acids is 1. The van der Waals surface area contributed by atoms with Crippen LogP contribution in [0.5, 0.6) is 0 Å². The molecule has 0 aliphatic heterocycles. The van der Waals surface area contributed by atoms with Gasteiger partial charge in [-0.2, -0.15) is 0 Å². The maximum atomic E-state index is 11.7. The largest absolute Gasteiger partial charge is 0.478 e. The zero-order chi connectivity index (χ0) is 17.1. The molecule has 6 heteroatoms. The molecule has 0 spiro atoms. The maximum absolute atomic E-state index is 11.7. The highest BCUT2D eigenvalue weighted by atomic mass is 16.4. The van der Waals surface area contributed by atoms with Crippen LogP contribution in [0.25, 0.3) is 16.9 Å². The molecular weight excluding hydrogens is 306 g/mol. The summed E-state index contributed by atoms with van der Waals surface area (Å²) in [4.78, 5) is 26.7. The Bertz CT molecular complexity index is 957. The van der Waals surface area contributed by atoms with E-state index in [9.17, 15) is 9.59 Å². The number of rotatable bonds is 4. The Balaban J connectivity index is 1.86. The van der Waals surface area contributed by atoms with Crippen LogP contribution < -0.4 is 5.32 Å². The van der Waals surface area contributed by atoms with E-state index in [1.165, 1.54) is 0 Å². The molecule has 0 fully saturated rings. The molecule has 1 aromatic carbocycles. The van der Waals surface area contributed by atoms with Gasteiger partial charge in [-0.05, 0) is 36.8 Å². The van der Waals surface area contributed by atoms with Crippen LogP contribution in [0, 0.1) is 6.92 Å². The topological polar surface area (TPSA) is 83.7 Å². The summed E-state index contributed by atoms with van der Waals surface area (Å²) in [6.07, 6.45) is 5.63. The standard InChI is InChI=1S/C18H15N3O3/c1-12-7-8-21-11-15(20-16(21)9-12)13-3-2-4-14(10-13)19-17(22)5-6-18(23)24/h2-11H,1H3,(H,19,22)(H,23,24)/b6-5+. The summed E-state index contributed by atoms with van der Waals surface area (Å²) in [6.45, 7) is 2.01. The molecule has 24 heavy (non-hydrogen) atoms. The third-order valence-electron chi connectivity index (χ3n) is 3.42. The lowest BCUT2D eigenvalue weighted by Gasteiger charge is -2.04. The van der Waals surface area contributed by atoms with Gasteiger partial charge in [-0.25, -0.2) is 9.78 Å². The number of carboxylic acid groups (broad SMARTS) is 1. The predicted molar refractivity (Wildman–Crippen MR) is 90.8 cm³/mol. The third-order valence-corrected chi connectivity index (χ3v) is 3.42. The van der Waals surface area contributed by atoms with Gasteiger partial charge in [-0.1, -0.05) is 12.1 Å². The monoisotopic (exact) mass is 321 g/mol. The Hall–Kier alpha value is -3.41. The number of pyridine rings is 1. The lowest BCUT2D eigenvalue weighted by Crippen LogP contribution is -2.08. The van der Waals surface area contributed by atoms with Crippen LogP contribution in [-0.4, -0.2) is 26.4 Å². The molecule has 120 valence electrons. The fourth-order valence-electron chi connectivity index (χ4n) is 2.31. The first-order valence-corrected chi connectivity index (χ1v) is 7.29. The van der Waals surface area contributed by atoms with E-state index in [0.717, 1.165) is 34.6 Å². The number of hydrogen-bond donors (Lipinski definition) is 2. The first-order valence-electron chi connectivity index (χ1n) is 7.29. The number of carbonyl (C=O) groups excluding carboxylic acids is 1. The summed E-state index contributed by atoms with van der Waals surface area (Å²) in [6, 6.07) is 11.2. The summed E-state index contributed by atoms with van der Waals surface area (Å²) in [5.41, 5.74) is 4.20. The van der Waals surface area contributed by atoms with Crippen molar-refractivity contribution < 1.29 is 14.7 Å². The molecule has 6 nitrogen and oxygen atoms in total. The third kappa shape index (κ3) is 3.49. The van der Waals surface area contributed by atoms with Crippen molar-refractivity contribution in [1.82, 2.24) is 9.38 Å². The van der Waals surface area contributed by atoms with Crippen molar-refractivity contribution in [1.29, 1.82) is 0 Å². The Kier molecular flexibility index (Phi) is 4.11. The van der Waals surface area contributed by atoms with Gasteiger partial charge in [-0.3, -0.25) is 4.79 Å². The molecule has 0 aliphatic rings. The number of aryl methyl sites for hydroxylation is 1. The number of nitrogens with one attached hydrogen (secondary N) is 1. The highest BCUT2D eigenvalue weighted by Gasteiger charge is 2.06. The van der Waals surface area contributed by atoms with Crippen molar-refractivity contribution in [3.63, 3.8) is 0 Å². The minimum atomic E-state index is -1.17. The number of nitrogens with zero attached hydrogens (tertiary/aromatic N) is 2. The van der Waals surface area contributed by atoms with Crippen molar-refractivity contribution >= 4 is 23.2 Å². The van der Waals surface area contributed by atoms with Crippen molar-refractivity contribution in [2.24, 2.45) is 0 Å². The molecule has 2 N–H and O–H groups in total. The van der Waals surface area contributed by atoms with E-state index in [4.69, 9.17) is 5.11 Å². The van der Waals surface area contributed by atoms with Crippen molar-refractivity contribution in [2.75, 3.05) is 5.32 Å². The second-order valence-corrected chi connectivity index (χ2v) is 5.34. The molecule has 0 aliphatic carbocycles. The van der Waals surface area contributed by atoms with E-state index in [-0.39, 0.29) is 0 Å². The number of aromatic nitrogens is 2. The quantitative estimate of drug-likeness (QED) is 0.724. The lowest BCUT2D eigenvalue weighted by atomic mass is 10.1. The molecule has 2 aromatic heterocycles. The fraction of sp³-hybridized carbons (Fsp3) is 0.0556. The van der Waals surface area contributed by atoms with E-state index in [1.807, 2.05) is 41.9 Å². The highest BCUT2D eigenvalue weighted by Crippen LogP contribution is 2.22. The van der Waals surface area contributed by atoms with Crippen LogP contribution in [0.4, 0.5) is 5.69 Å². The molecule has 0 bridgehead atoms. The zero-order valence-electron chi connectivity index (χ0n) is 12.9. The summed E-state index contributed by atoms with van der Waals surface area (Å²) in [7, 11) is 0. The first kappa shape index (κ1) is 15.5. The fourth-order valence-corrected chi connectivity index (χ4v) is 2.31. The van der Waals surface area contributed by atoms with Gasteiger partial charge < -0.3 is 14.8 Å². The highest BCUT2D eigenvalue weighted by molar-refractivity contribution is 6.02. The summed E-state index contributed by atoms with van der Waals surface area (Å²) in [5, 5.41) is 11.2. The molecule has 0 unspecified atom stereocenters. The normalized spacial score (nSPS) is 11.0. The van der Waals surface area contributed by atoms with E-state index < -0.39 is 11.9 Å². The second-order valence-electron chi connectivity index (χ2n) is 5.34. The van der Waals surface area contributed by atoms with Crippen molar-refractivity contribution in [2.45, 2.75) is 6.92 Å². The number of amides is 1. The number of carbonyl (C=O) groups is 2. The van der Waals surface area contributed by atoms with Gasteiger partial charge in [0.15, 0.2) is 0 Å². The van der Waals surface area contributed by atoms with Crippen LogP contribution in [0.2, 0.25) is 0 Å². The number of fused-ring (bicyclic) bond motifs is 1. The smallest absolute Gasteiger partial charge is 0.328 e. The van der Waals surface area contributed by atoms with E-state index in [1.54, 1.807) is 18.2 Å². The van der Waals surface area contributed by atoms with E-state index in [0.29, 0.717) is 5.69 Å². The number of anilines is 1. The van der Waals surface area contributed by atoms with Crippen LogP contribution in [0.3, 0.4) is 0 Å². The van der Waals surface area contributed by atoms with Gasteiger partial charge in [0.1, 0.15) is 5.65 Å². The SMILES string of the molecule is Cc1ccn2cc(-c3cccc(NC(=O)/C=C/C(=O)O)c3)nc2c1. The van der Waals surface area contributed by atoms with Crippen molar-refractivity contribution in [3.05, 3.63) is 66.5 Å². The Morgan fingerprint density at radius 3 is 2.83 bits per heavy atom. The van der Waals surface area contributed by atoms with Gasteiger partial charge in [0, 0.05) is 35.8 Å². The second kappa shape index (κ2) is 6.37. The molecule has 0 radical (unpaired) electrons. The number of aliphatic carboxylic acids is 1. The molecule has 0 atom stereocenters. The van der Waals surface area contributed by atoms with Crippen LogP contribution in [0.15, 0.2) is 60.9 Å². The molecule has 1 amide bonds. The summed E-state index contributed by atoms with van der Waals surface area (Å²) >= 11 is 0. The van der Waals surface area contributed by atoms with Crippen molar-refractivity contribution in [3.8, 4) is 11.3 Å². The first-order chi connectivity index (χ1) is 11.5. The average molecular weight is 321 g/mol. The Morgan fingerprint density at radius 1 is 1.21 bits per heavy atom. The number of benzene rings is 1. The maximum Gasteiger partial charge on any atom is 0.328 e. The molecule has 3 rings (SSSR count). The lowest BCUT2D eigenvalue weighted by molar-refractivity contribution is -0.131. The molecule has 0 saturated carbocycles. The van der Waals surface area contributed by atoms with Crippen LogP contribution in [0.1, 0.15) is 5.56 Å². The van der Waals surface area contributed by atoms with Gasteiger partial charge in [0.05, 0.1) is 5.69 Å². The summed E-state index contributed by atoms with van der Waals surface area (Å²) in [5.74, 6) is -1.67. The molecule has 2 heterocycles. The van der Waals surface area contributed by atoms with Gasteiger partial charge in [0.2, 0.25) is 5.91 Å². The van der Waals surface area contributed by atoms with Gasteiger partial charge in [-0.15, -0.1) is 0 Å². The predicted octanol–water partition coefficient (Wildman–Crippen LogP) is 2.89. The Labute approximate surface area is 138 Å². The average Bonchev–Trinajstić information content (AvgIpc) is 2.96. The number of hydrogen-bond acceptors (Lipinski definition) is 3. The minimum absolute atomic E-state index is 0.500. The summed E-state index contributed by atoms with van der Waals surface area (Å²) < 4.78 is 1.93. The zero-order valence-corrected chi connectivity index (χ0v) is 12.9. The van der Waals surface area contributed by atoms with Gasteiger partial charge >= 0.3 is 5.97 Å². The number of imidazole rings is 1. The minimum Gasteiger partial charge on any atom is -0.478 e. The molecular formula is C18H15N3O3. The van der Waals surface area contributed by atoms with Crippen LogP contribution >= 0.6 is 0 Å². The molecule has 0 saturated heterocycles. The van der Waals surface area contributed by atoms with Gasteiger partial charge in [0.25, 0.3) is 0 Å². The Morgan fingerprint density at radius 2 is 2.04 bits per heavy atom. The van der Waals surface area contributed by atoms with E-state index >= 15 is 0 Å². The van der Waals surface area contributed by atoms with Crippen LogP contribution in [-0.2, 0) is 9.59 Å².